The molecule has 0 atom stereocenters. The van der Waals surface area contributed by atoms with Crippen LogP contribution in [-0.4, -0.2) is 11.0 Å². The lowest BCUT2D eigenvalue weighted by Gasteiger charge is -2.02. The van der Waals surface area contributed by atoms with Gasteiger partial charge in [-0.25, -0.2) is 0 Å². The number of benzene rings is 1. The monoisotopic (exact) mass is 241 g/mol. The molecule has 2 rings (SSSR count). The third-order valence-electron chi connectivity index (χ3n) is 2.38. The zero-order valence-corrected chi connectivity index (χ0v) is 9.46. The Kier molecular flexibility index (Phi) is 3.38. The van der Waals surface area contributed by atoms with Gasteiger partial charge in [0, 0.05) is 11.3 Å². The molecule has 0 unspecified atom stereocenters. The number of rotatable bonds is 2. The second-order valence-corrected chi connectivity index (χ2v) is 3.69. The molecular weight excluding hydrogens is 230 g/mol. The van der Waals surface area contributed by atoms with E-state index in [2.05, 4.69) is 5.32 Å². The maximum atomic E-state index is 11.8. The molecule has 90 valence electrons. The van der Waals surface area contributed by atoms with Crippen LogP contribution in [0, 0.1) is 0 Å². The van der Waals surface area contributed by atoms with E-state index in [1.165, 1.54) is 24.3 Å². The minimum atomic E-state index is -0.491. The predicted octanol–water partition coefficient (Wildman–Crippen LogP) is 2.00. The van der Waals surface area contributed by atoms with Crippen LogP contribution in [0.2, 0.25) is 0 Å². The van der Waals surface area contributed by atoms with Gasteiger partial charge >= 0.3 is 0 Å². The molecule has 0 saturated carbocycles. The van der Waals surface area contributed by atoms with E-state index < -0.39 is 5.43 Å². The summed E-state index contributed by atoms with van der Waals surface area (Å²) in [6, 6.07) is 14.1. The first-order valence-electron chi connectivity index (χ1n) is 5.36. The Morgan fingerprint density at radius 3 is 2.33 bits per heavy atom. The van der Waals surface area contributed by atoms with Crippen LogP contribution in [0.15, 0.2) is 59.4 Å². The summed E-state index contributed by atoms with van der Waals surface area (Å²) in [5, 5.41) is 11.9. The summed E-state index contributed by atoms with van der Waals surface area (Å²) in [7, 11) is 0. The summed E-state index contributed by atoms with van der Waals surface area (Å²) in [5.41, 5.74) is 0.479. The molecule has 2 aromatic rings. The van der Waals surface area contributed by atoms with Crippen LogP contribution in [0.5, 0.6) is 5.75 Å². The maximum Gasteiger partial charge on any atom is 0.255 e. The van der Waals surface area contributed by atoms with Crippen molar-refractivity contribution in [3.8, 4) is 5.75 Å². The smallest absolute Gasteiger partial charge is 0.255 e. The average molecular weight is 241 g/mol. The van der Waals surface area contributed by atoms with Gasteiger partial charge in [0.2, 0.25) is 5.43 Å². The number of nitrogens with one attached hydrogen (secondary N) is 1. The summed E-state index contributed by atoms with van der Waals surface area (Å²) in [6.07, 6.45) is 0. The molecule has 4 nitrogen and oxygen atoms in total. The summed E-state index contributed by atoms with van der Waals surface area (Å²) in [4.78, 5) is 23.0. The third-order valence-corrected chi connectivity index (χ3v) is 2.38. The fraction of sp³-hybridized carbons (Fsp3) is 0. The molecule has 18 heavy (non-hydrogen) atoms. The van der Waals surface area contributed by atoms with Crippen molar-refractivity contribution in [2.24, 2.45) is 0 Å². The van der Waals surface area contributed by atoms with Crippen molar-refractivity contribution < 1.29 is 9.90 Å². The molecular formula is C14H11NO3. The Bertz CT molecular complexity index is 623. The molecule has 0 aliphatic rings. The maximum absolute atomic E-state index is 11.8. The standard InChI is InChI=1S/C14H11NO3/c16-12-8-6-11(7-9-13(12)17)15-14(18)10-4-2-1-3-5-10/h1-9H,(H,15,18)(H,16,17). The van der Waals surface area contributed by atoms with Gasteiger partial charge in [0.1, 0.15) is 0 Å². The van der Waals surface area contributed by atoms with Crippen molar-refractivity contribution >= 4 is 11.6 Å². The molecule has 0 saturated heterocycles. The zero-order chi connectivity index (χ0) is 13.0. The van der Waals surface area contributed by atoms with Gasteiger partial charge in [-0.1, -0.05) is 18.2 Å². The molecule has 0 spiro atoms. The lowest BCUT2D eigenvalue weighted by molar-refractivity contribution is 0.102. The highest BCUT2D eigenvalue weighted by Crippen LogP contribution is 2.09. The van der Waals surface area contributed by atoms with E-state index in [0.29, 0.717) is 11.3 Å². The summed E-state index contributed by atoms with van der Waals surface area (Å²) < 4.78 is 0. The zero-order valence-electron chi connectivity index (χ0n) is 9.46. The molecule has 0 fully saturated rings. The highest BCUT2D eigenvalue weighted by atomic mass is 16.3. The van der Waals surface area contributed by atoms with Crippen LogP contribution in [0.25, 0.3) is 0 Å². The minimum Gasteiger partial charge on any atom is -0.504 e. The van der Waals surface area contributed by atoms with Gasteiger partial charge in [-0.05, 0) is 36.4 Å². The van der Waals surface area contributed by atoms with Crippen molar-refractivity contribution in [2.45, 2.75) is 0 Å². The first-order chi connectivity index (χ1) is 8.66. The Morgan fingerprint density at radius 1 is 0.944 bits per heavy atom. The summed E-state index contributed by atoms with van der Waals surface area (Å²) in [5.74, 6) is -0.621. The Labute approximate surface area is 104 Å². The number of carbonyl (C=O) groups excluding carboxylic acids is 1. The molecule has 0 heterocycles. The number of aromatic hydroxyl groups is 1. The van der Waals surface area contributed by atoms with Crippen LogP contribution in [0.4, 0.5) is 5.69 Å². The molecule has 0 radical (unpaired) electrons. The normalized spacial score (nSPS) is 9.78. The van der Waals surface area contributed by atoms with Crippen LogP contribution in [0.3, 0.4) is 0 Å². The van der Waals surface area contributed by atoms with E-state index in [1.807, 2.05) is 6.07 Å². The Morgan fingerprint density at radius 2 is 1.61 bits per heavy atom. The van der Waals surface area contributed by atoms with E-state index in [1.54, 1.807) is 24.3 Å². The number of anilines is 1. The topological polar surface area (TPSA) is 66.4 Å². The van der Waals surface area contributed by atoms with Crippen molar-refractivity contribution in [3.05, 3.63) is 70.4 Å². The van der Waals surface area contributed by atoms with Crippen molar-refractivity contribution in [2.75, 3.05) is 5.32 Å². The molecule has 2 N–H and O–H groups in total. The minimum absolute atomic E-state index is 0.270. The lowest BCUT2D eigenvalue weighted by Crippen LogP contribution is -2.11. The highest BCUT2D eigenvalue weighted by molar-refractivity contribution is 6.04. The van der Waals surface area contributed by atoms with E-state index in [9.17, 15) is 14.7 Å². The molecule has 0 aliphatic heterocycles. The second-order valence-electron chi connectivity index (χ2n) is 3.69. The van der Waals surface area contributed by atoms with E-state index >= 15 is 0 Å². The molecule has 2 aromatic carbocycles. The van der Waals surface area contributed by atoms with Crippen LogP contribution in [0.1, 0.15) is 10.4 Å². The van der Waals surface area contributed by atoms with Crippen molar-refractivity contribution in [3.63, 3.8) is 0 Å². The van der Waals surface area contributed by atoms with Gasteiger partial charge < -0.3 is 10.4 Å². The van der Waals surface area contributed by atoms with Gasteiger partial charge in [-0.3, -0.25) is 9.59 Å². The van der Waals surface area contributed by atoms with Crippen molar-refractivity contribution in [1.29, 1.82) is 0 Å². The number of amides is 1. The largest absolute Gasteiger partial charge is 0.504 e. The van der Waals surface area contributed by atoms with Crippen LogP contribution < -0.4 is 10.7 Å². The van der Waals surface area contributed by atoms with E-state index in [-0.39, 0.29) is 11.7 Å². The van der Waals surface area contributed by atoms with Gasteiger partial charge in [0.15, 0.2) is 5.75 Å². The predicted molar refractivity (Wildman–Crippen MR) is 68.8 cm³/mol. The van der Waals surface area contributed by atoms with Gasteiger partial charge in [-0.15, -0.1) is 0 Å². The quantitative estimate of drug-likeness (QED) is 0.845. The number of hydrogen-bond donors (Lipinski definition) is 2. The molecule has 0 bridgehead atoms. The van der Waals surface area contributed by atoms with Crippen LogP contribution >= 0.6 is 0 Å². The second kappa shape index (κ2) is 5.14. The SMILES string of the molecule is O=C(Nc1ccc(O)c(=O)cc1)c1ccccc1. The Balaban J connectivity index is 2.23. The van der Waals surface area contributed by atoms with E-state index in [0.717, 1.165) is 0 Å². The van der Waals surface area contributed by atoms with Gasteiger partial charge in [-0.2, -0.15) is 0 Å². The lowest BCUT2D eigenvalue weighted by atomic mass is 10.2. The molecule has 0 aromatic heterocycles. The molecule has 0 aliphatic carbocycles. The third kappa shape index (κ3) is 2.74. The Hall–Kier alpha value is -2.62. The highest BCUT2D eigenvalue weighted by Gasteiger charge is 2.04. The fourth-order valence-electron chi connectivity index (χ4n) is 1.43. The first-order valence-corrected chi connectivity index (χ1v) is 5.36. The summed E-state index contributed by atoms with van der Waals surface area (Å²) in [6.45, 7) is 0. The van der Waals surface area contributed by atoms with Crippen LogP contribution in [-0.2, 0) is 0 Å². The van der Waals surface area contributed by atoms with E-state index in [4.69, 9.17) is 0 Å². The number of hydrogen-bond acceptors (Lipinski definition) is 3. The average Bonchev–Trinajstić information content (AvgIpc) is 2.55. The summed E-state index contributed by atoms with van der Waals surface area (Å²) >= 11 is 0. The van der Waals surface area contributed by atoms with Crippen molar-refractivity contribution in [1.82, 2.24) is 0 Å². The number of carbonyl (C=O) groups is 1. The van der Waals surface area contributed by atoms with Gasteiger partial charge in [0.05, 0.1) is 0 Å². The molecule has 4 heteroatoms. The van der Waals surface area contributed by atoms with Gasteiger partial charge in [0.25, 0.3) is 5.91 Å². The first kappa shape index (κ1) is 11.9. The molecule has 1 amide bonds. The fourth-order valence-corrected chi connectivity index (χ4v) is 1.43.